The lowest BCUT2D eigenvalue weighted by Gasteiger charge is -2.32. The van der Waals surface area contributed by atoms with Gasteiger partial charge in [0.15, 0.2) is 0 Å². The van der Waals surface area contributed by atoms with Crippen LogP contribution in [0.5, 0.6) is 5.75 Å². The molecule has 0 aromatic heterocycles. The van der Waals surface area contributed by atoms with Gasteiger partial charge in [0.05, 0.1) is 13.2 Å². The van der Waals surface area contributed by atoms with Gasteiger partial charge in [-0.05, 0) is 25.0 Å². The monoisotopic (exact) mass is 318 g/mol. The third kappa shape index (κ3) is 6.00. The molecule has 1 aromatic carbocycles. The van der Waals surface area contributed by atoms with Gasteiger partial charge in [-0.1, -0.05) is 69.4 Å². The second-order valence-corrected chi connectivity index (χ2v) is 6.16. The molecule has 128 valence electrons. The van der Waals surface area contributed by atoms with Gasteiger partial charge in [-0.2, -0.15) is 0 Å². The Hall–Kier alpha value is -1.32. The summed E-state index contributed by atoms with van der Waals surface area (Å²) in [5.74, 6) is -0.124. The lowest BCUT2D eigenvalue weighted by molar-refractivity contribution is -0.336. The molecule has 0 radical (unpaired) electrons. The zero-order valence-electron chi connectivity index (χ0n) is 14.6. The molecule has 0 aliphatic carbocycles. The van der Waals surface area contributed by atoms with Crippen molar-refractivity contribution < 1.29 is 14.2 Å². The molecular weight excluding hydrogens is 288 g/mol. The molecule has 1 heterocycles. The molecule has 0 N–H and O–H groups in total. The SMILES string of the molecule is CCCCCCCCC1(Oc2ccccc2C)OCC=CCO1. The van der Waals surface area contributed by atoms with Crippen LogP contribution >= 0.6 is 0 Å². The molecule has 1 aliphatic rings. The number of aryl methyl sites for hydroxylation is 1. The van der Waals surface area contributed by atoms with Gasteiger partial charge in [0.25, 0.3) is 0 Å². The van der Waals surface area contributed by atoms with Gasteiger partial charge >= 0.3 is 5.97 Å². The van der Waals surface area contributed by atoms with Crippen molar-refractivity contribution in [2.24, 2.45) is 0 Å². The minimum Gasteiger partial charge on any atom is -0.439 e. The summed E-state index contributed by atoms with van der Waals surface area (Å²) in [5.41, 5.74) is 1.10. The maximum Gasteiger partial charge on any atom is 0.327 e. The maximum atomic E-state index is 6.20. The molecule has 0 unspecified atom stereocenters. The van der Waals surface area contributed by atoms with E-state index in [4.69, 9.17) is 14.2 Å². The van der Waals surface area contributed by atoms with Crippen LogP contribution in [0.4, 0.5) is 0 Å². The number of hydrogen-bond acceptors (Lipinski definition) is 3. The first-order valence-electron chi connectivity index (χ1n) is 8.93. The van der Waals surface area contributed by atoms with Crippen LogP contribution in [0.3, 0.4) is 0 Å². The summed E-state index contributed by atoms with van der Waals surface area (Å²) < 4.78 is 18.1. The van der Waals surface area contributed by atoms with E-state index in [0.717, 1.165) is 24.2 Å². The van der Waals surface area contributed by atoms with Crippen LogP contribution in [0, 0.1) is 6.92 Å². The van der Waals surface area contributed by atoms with E-state index in [2.05, 4.69) is 6.92 Å². The first kappa shape index (κ1) is 18.0. The number of ether oxygens (including phenoxy) is 3. The standard InChI is InChI=1S/C20H30O3/c1-3-4-5-6-7-10-15-20(21-16-11-12-17-22-20)23-19-14-9-8-13-18(19)2/h8-9,11-14H,3-7,10,15-17H2,1-2H3. The zero-order chi connectivity index (χ0) is 16.4. The molecule has 23 heavy (non-hydrogen) atoms. The number of hydrogen-bond donors (Lipinski definition) is 0. The Kier molecular flexibility index (Phi) is 7.63. The number of benzene rings is 1. The summed E-state index contributed by atoms with van der Waals surface area (Å²) in [6.45, 7) is 5.34. The third-order valence-corrected chi connectivity index (χ3v) is 4.16. The Morgan fingerprint density at radius 3 is 2.30 bits per heavy atom. The molecule has 0 saturated carbocycles. The highest BCUT2D eigenvalue weighted by atomic mass is 16.9. The molecule has 0 saturated heterocycles. The van der Waals surface area contributed by atoms with Gasteiger partial charge in [0.1, 0.15) is 5.75 Å². The van der Waals surface area contributed by atoms with Crippen molar-refractivity contribution in [2.45, 2.75) is 64.8 Å². The molecule has 0 bridgehead atoms. The summed E-state index contributed by atoms with van der Waals surface area (Å²) >= 11 is 0. The molecule has 1 aliphatic heterocycles. The van der Waals surface area contributed by atoms with Crippen molar-refractivity contribution in [1.29, 1.82) is 0 Å². The van der Waals surface area contributed by atoms with Crippen LogP contribution in [0.2, 0.25) is 0 Å². The lowest BCUT2D eigenvalue weighted by Crippen LogP contribution is -2.42. The minimum atomic E-state index is -0.958. The van der Waals surface area contributed by atoms with Crippen molar-refractivity contribution in [2.75, 3.05) is 13.2 Å². The summed E-state index contributed by atoms with van der Waals surface area (Å²) in [4.78, 5) is 0. The number of para-hydroxylation sites is 1. The van der Waals surface area contributed by atoms with Crippen LogP contribution in [-0.4, -0.2) is 19.2 Å². The first-order valence-corrected chi connectivity index (χ1v) is 8.93. The van der Waals surface area contributed by atoms with E-state index >= 15 is 0 Å². The maximum absolute atomic E-state index is 6.20. The van der Waals surface area contributed by atoms with Crippen molar-refractivity contribution in [1.82, 2.24) is 0 Å². The Bertz CT molecular complexity index is 472. The fourth-order valence-electron chi connectivity index (χ4n) is 2.74. The Morgan fingerprint density at radius 2 is 1.61 bits per heavy atom. The normalized spacial score (nSPS) is 17.0. The van der Waals surface area contributed by atoms with E-state index in [1.54, 1.807) is 0 Å². The van der Waals surface area contributed by atoms with Crippen LogP contribution in [0.25, 0.3) is 0 Å². The van der Waals surface area contributed by atoms with E-state index in [1.807, 2.05) is 43.3 Å². The second-order valence-electron chi connectivity index (χ2n) is 6.16. The van der Waals surface area contributed by atoms with E-state index in [9.17, 15) is 0 Å². The molecule has 1 aromatic rings. The van der Waals surface area contributed by atoms with Gasteiger partial charge in [0, 0.05) is 6.42 Å². The van der Waals surface area contributed by atoms with E-state index in [0.29, 0.717) is 13.2 Å². The Morgan fingerprint density at radius 1 is 0.957 bits per heavy atom. The van der Waals surface area contributed by atoms with Gasteiger partial charge in [-0.3, -0.25) is 0 Å². The summed E-state index contributed by atoms with van der Waals surface area (Å²) in [6.07, 6.45) is 12.2. The number of rotatable bonds is 9. The van der Waals surface area contributed by atoms with Crippen LogP contribution < -0.4 is 4.74 Å². The minimum absolute atomic E-state index is 0.529. The van der Waals surface area contributed by atoms with Crippen molar-refractivity contribution in [3.63, 3.8) is 0 Å². The molecule has 3 heteroatoms. The van der Waals surface area contributed by atoms with E-state index in [-0.39, 0.29) is 0 Å². The van der Waals surface area contributed by atoms with Crippen molar-refractivity contribution in [3.8, 4) is 5.75 Å². The van der Waals surface area contributed by atoms with E-state index < -0.39 is 5.97 Å². The lowest BCUT2D eigenvalue weighted by atomic mass is 10.1. The van der Waals surface area contributed by atoms with E-state index in [1.165, 1.54) is 32.1 Å². The van der Waals surface area contributed by atoms with Gasteiger partial charge < -0.3 is 14.2 Å². The Balaban J connectivity index is 1.94. The van der Waals surface area contributed by atoms with Crippen LogP contribution in [0.15, 0.2) is 36.4 Å². The average molecular weight is 318 g/mol. The predicted molar refractivity (Wildman–Crippen MR) is 93.6 cm³/mol. The molecular formula is C20H30O3. The molecule has 2 rings (SSSR count). The van der Waals surface area contributed by atoms with Crippen LogP contribution in [-0.2, 0) is 9.47 Å². The third-order valence-electron chi connectivity index (χ3n) is 4.16. The highest BCUT2D eigenvalue weighted by Gasteiger charge is 2.35. The first-order chi connectivity index (χ1) is 11.3. The smallest absolute Gasteiger partial charge is 0.327 e. The average Bonchev–Trinajstić information content (AvgIpc) is 2.79. The molecule has 0 amide bonds. The van der Waals surface area contributed by atoms with Gasteiger partial charge in [0.2, 0.25) is 0 Å². The largest absolute Gasteiger partial charge is 0.439 e. The second kappa shape index (κ2) is 9.74. The summed E-state index contributed by atoms with van der Waals surface area (Å²) in [6, 6.07) is 8.01. The van der Waals surface area contributed by atoms with Gasteiger partial charge in [-0.15, -0.1) is 0 Å². The molecule has 3 nitrogen and oxygen atoms in total. The van der Waals surface area contributed by atoms with Crippen LogP contribution in [0.1, 0.15) is 57.4 Å². The molecule has 0 atom stereocenters. The van der Waals surface area contributed by atoms with Gasteiger partial charge in [-0.25, -0.2) is 0 Å². The van der Waals surface area contributed by atoms with Crippen molar-refractivity contribution >= 4 is 0 Å². The quantitative estimate of drug-likeness (QED) is 0.452. The molecule has 0 spiro atoms. The Labute approximate surface area is 140 Å². The fraction of sp³-hybridized carbons (Fsp3) is 0.600. The summed E-state index contributed by atoms with van der Waals surface area (Å²) in [7, 11) is 0. The highest BCUT2D eigenvalue weighted by molar-refractivity contribution is 5.32. The topological polar surface area (TPSA) is 27.7 Å². The zero-order valence-corrected chi connectivity index (χ0v) is 14.6. The predicted octanol–water partition coefficient (Wildman–Crippen LogP) is 5.38. The fourth-order valence-corrected chi connectivity index (χ4v) is 2.74. The summed E-state index contributed by atoms with van der Waals surface area (Å²) in [5, 5.41) is 0. The van der Waals surface area contributed by atoms with Crippen molar-refractivity contribution in [3.05, 3.63) is 42.0 Å². The highest BCUT2D eigenvalue weighted by Crippen LogP contribution is 2.30. The molecule has 0 fully saturated rings. The number of unbranched alkanes of at least 4 members (excludes halogenated alkanes) is 5.